The highest BCUT2D eigenvalue weighted by molar-refractivity contribution is 8.00. The Bertz CT molecular complexity index is 1280. The first-order valence-electron chi connectivity index (χ1n) is 17.5. The van der Waals surface area contributed by atoms with Gasteiger partial charge >= 0.3 is 6.01 Å². The van der Waals surface area contributed by atoms with E-state index in [1.165, 1.54) is 0 Å². The number of hydrogen-bond acceptors (Lipinski definition) is 12. The number of nitrogens with one attached hydrogen (secondary N) is 1. The number of anilines is 1. The van der Waals surface area contributed by atoms with Crippen LogP contribution in [-0.2, 0) is 46.4 Å². The summed E-state index contributed by atoms with van der Waals surface area (Å²) >= 11 is 1.98. The standard InChI is InChI=1S/C36H52N4O8S/c37-34-13-15-38-36(40-34)48-25-28-9-7-27(8-10-28)11-12-30(42)14-17-45-19-21-47-23-22-46-20-18-44-16-3-5-29(41)4-1-2-6-33-31-24-35(43)39-32(31)26-49-33/h7-10,13,15,31-33H,1-6,11-12,14,16-26H2,(H,39,43)(H2,37,38,40). The lowest BCUT2D eigenvalue weighted by Crippen LogP contribution is -2.29. The normalized spacial score (nSPS) is 18.4. The molecule has 3 N–H and O–H groups in total. The molecule has 2 fully saturated rings. The van der Waals surface area contributed by atoms with Crippen LogP contribution in [0.4, 0.5) is 5.82 Å². The van der Waals surface area contributed by atoms with Crippen molar-refractivity contribution in [3.8, 4) is 6.01 Å². The monoisotopic (exact) mass is 700 g/mol. The number of fused-ring (bicyclic) bond motifs is 1. The highest BCUT2D eigenvalue weighted by Gasteiger charge is 2.42. The van der Waals surface area contributed by atoms with Crippen LogP contribution < -0.4 is 15.8 Å². The third-order valence-corrected chi connectivity index (χ3v) is 10.1. The first-order chi connectivity index (χ1) is 24.0. The number of benzene rings is 1. The summed E-state index contributed by atoms with van der Waals surface area (Å²) in [6.07, 6.45) is 8.75. The van der Waals surface area contributed by atoms with Gasteiger partial charge in [0.2, 0.25) is 5.91 Å². The summed E-state index contributed by atoms with van der Waals surface area (Å²) in [6.45, 7) is 4.06. The molecule has 270 valence electrons. The molecule has 12 nitrogen and oxygen atoms in total. The molecule has 3 atom stereocenters. The first-order valence-corrected chi connectivity index (χ1v) is 18.6. The Hall–Kier alpha value is -3.10. The number of ether oxygens (including phenoxy) is 5. The van der Waals surface area contributed by atoms with Crippen molar-refractivity contribution in [2.75, 3.05) is 64.3 Å². The number of aromatic nitrogens is 2. The number of ketones is 2. The summed E-state index contributed by atoms with van der Waals surface area (Å²) in [7, 11) is 0. The number of thioether (sulfide) groups is 1. The minimum Gasteiger partial charge on any atom is -0.459 e. The van der Waals surface area contributed by atoms with Gasteiger partial charge in [0.05, 0.1) is 46.2 Å². The van der Waals surface area contributed by atoms with Gasteiger partial charge in [-0.3, -0.25) is 14.4 Å². The minimum absolute atomic E-state index is 0.166. The van der Waals surface area contributed by atoms with Crippen molar-refractivity contribution in [3.05, 3.63) is 47.7 Å². The second-order valence-electron chi connectivity index (χ2n) is 12.4. The van der Waals surface area contributed by atoms with E-state index in [4.69, 9.17) is 29.4 Å². The average Bonchev–Trinajstić information content (AvgIpc) is 3.66. The molecule has 0 spiro atoms. The molecule has 0 radical (unpaired) electrons. The van der Waals surface area contributed by atoms with Crippen LogP contribution in [0.2, 0.25) is 0 Å². The van der Waals surface area contributed by atoms with E-state index in [0.29, 0.717) is 127 Å². The molecular weight excluding hydrogens is 648 g/mol. The van der Waals surface area contributed by atoms with Crippen LogP contribution in [0.1, 0.15) is 68.9 Å². The Kier molecular flexibility index (Phi) is 17.8. The van der Waals surface area contributed by atoms with E-state index in [9.17, 15) is 14.4 Å². The van der Waals surface area contributed by atoms with Crippen LogP contribution in [0.3, 0.4) is 0 Å². The van der Waals surface area contributed by atoms with Crippen LogP contribution in [0.25, 0.3) is 0 Å². The molecular formula is C36H52N4O8S. The van der Waals surface area contributed by atoms with Crippen LogP contribution in [-0.4, -0.2) is 97.3 Å². The van der Waals surface area contributed by atoms with Gasteiger partial charge in [0.15, 0.2) is 0 Å². The van der Waals surface area contributed by atoms with E-state index in [2.05, 4.69) is 15.3 Å². The first kappa shape index (κ1) is 38.7. The number of nitrogens with two attached hydrogens (primary N) is 1. The van der Waals surface area contributed by atoms with Gasteiger partial charge < -0.3 is 34.7 Å². The van der Waals surface area contributed by atoms with Gasteiger partial charge in [0, 0.05) is 67.9 Å². The predicted octanol–water partition coefficient (Wildman–Crippen LogP) is 4.13. The second-order valence-corrected chi connectivity index (χ2v) is 13.7. The van der Waals surface area contributed by atoms with Gasteiger partial charge in [-0.1, -0.05) is 30.7 Å². The molecule has 1 aromatic heterocycles. The van der Waals surface area contributed by atoms with Gasteiger partial charge in [0.1, 0.15) is 24.0 Å². The van der Waals surface area contributed by atoms with E-state index in [0.717, 1.165) is 42.6 Å². The molecule has 1 aromatic carbocycles. The van der Waals surface area contributed by atoms with E-state index in [1.54, 1.807) is 12.3 Å². The summed E-state index contributed by atoms with van der Waals surface area (Å²) < 4.78 is 27.7. The Morgan fingerprint density at radius 2 is 1.45 bits per heavy atom. The third kappa shape index (κ3) is 15.5. The number of Topliss-reactive ketones (excluding diaryl/α,β-unsaturated/α-hetero) is 2. The number of carbonyl (C=O) groups excluding carboxylic acids is 3. The van der Waals surface area contributed by atoms with E-state index in [1.807, 2.05) is 36.0 Å². The van der Waals surface area contributed by atoms with Crippen LogP contribution in [0.5, 0.6) is 6.01 Å². The number of rotatable bonds is 27. The zero-order valence-electron chi connectivity index (χ0n) is 28.5. The van der Waals surface area contributed by atoms with E-state index >= 15 is 0 Å². The lowest BCUT2D eigenvalue weighted by molar-refractivity contribution is -0.120. The van der Waals surface area contributed by atoms with Gasteiger partial charge in [-0.15, -0.1) is 0 Å². The smallest absolute Gasteiger partial charge is 0.318 e. The maximum absolute atomic E-state index is 12.2. The van der Waals surface area contributed by atoms with Crippen molar-refractivity contribution in [1.82, 2.24) is 15.3 Å². The molecule has 2 aliphatic rings. The average molecular weight is 701 g/mol. The number of nitrogen functional groups attached to an aromatic ring is 1. The predicted molar refractivity (Wildman–Crippen MR) is 187 cm³/mol. The van der Waals surface area contributed by atoms with Crippen LogP contribution in [0.15, 0.2) is 36.5 Å². The van der Waals surface area contributed by atoms with E-state index < -0.39 is 0 Å². The topological polar surface area (TPSA) is 161 Å². The summed E-state index contributed by atoms with van der Waals surface area (Å²) in [5.74, 6) is 2.54. The van der Waals surface area contributed by atoms with E-state index in [-0.39, 0.29) is 17.7 Å². The van der Waals surface area contributed by atoms with Crippen LogP contribution >= 0.6 is 11.8 Å². The fourth-order valence-electron chi connectivity index (χ4n) is 5.83. The molecule has 1 amide bonds. The quantitative estimate of drug-likeness (QED) is 0.129. The Morgan fingerprint density at radius 1 is 0.796 bits per heavy atom. The van der Waals surface area contributed by atoms with Crippen LogP contribution in [0, 0.1) is 5.92 Å². The van der Waals surface area contributed by atoms with Gasteiger partial charge in [-0.05, 0) is 42.9 Å². The van der Waals surface area contributed by atoms with Crippen molar-refractivity contribution in [2.24, 2.45) is 5.92 Å². The summed E-state index contributed by atoms with van der Waals surface area (Å²) in [4.78, 5) is 44.0. The number of hydrogen-bond donors (Lipinski definition) is 2. The highest BCUT2D eigenvalue weighted by Crippen LogP contribution is 2.40. The molecule has 13 heteroatoms. The molecule has 2 aromatic rings. The molecule has 3 unspecified atom stereocenters. The Morgan fingerprint density at radius 3 is 2.18 bits per heavy atom. The number of amides is 1. The molecule has 4 rings (SSSR count). The number of aryl methyl sites for hydroxylation is 1. The number of unbranched alkanes of at least 4 members (excludes halogenated alkanes) is 1. The van der Waals surface area contributed by atoms with Crippen molar-refractivity contribution >= 4 is 35.1 Å². The molecule has 2 saturated heterocycles. The number of carbonyl (C=O) groups is 3. The van der Waals surface area contributed by atoms with Crippen molar-refractivity contribution < 1.29 is 38.1 Å². The molecule has 0 bridgehead atoms. The van der Waals surface area contributed by atoms with Gasteiger partial charge in [-0.25, -0.2) is 4.98 Å². The molecule has 0 aliphatic carbocycles. The molecule has 49 heavy (non-hydrogen) atoms. The van der Waals surface area contributed by atoms with Crippen molar-refractivity contribution in [2.45, 2.75) is 82.1 Å². The summed E-state index contributed by atoms with van der Waals surface area (Å²) in [5, 5.41) is 3.63. The maximum atomic E-state index is 12.2. The third-order valence-electron chi connectivity index (χ3n) is 8.57. The fourth-order valence-corrected chi connectivity index (χ4v) is 7.48. The number of nitrogens with zero attached hydrogens (tertiary/aromatic N) is 2. The Balaban J connectivity index is 0.855. The van der Waals surface area contributed by atoms with Crippen molar-refractivity contribution in [3.63, 3.8) is 0 Å². The lowest BCUT2D eigenvalue weighted by Gasteiger charge is -2.15. The summed E-state index contributed by atoms with van der Waals surface area (Å²) in [5.41, 5.74) is 7.70. The highest BCUT2D eigenvalue weighted by atomic mass is 32.2. The Labute approximate surface area is 293 Å². The second kappa shape index (κ2) is 22.6. The summed E-state index contributed by atoms with van der Waals surface area (Å²) in [6, 6.07) is 10.1. The minimum atomic E-state index is 0.166. The largest absolute Gasteiger partial charge is 0.459 e. The van der Waals surface area contributed by atoms with Crippen molar-refractivity contribution in [1.29, 1.82) is 0 Å². The zero-order chi connectivity index (χ0) is 34.5. The van der Waals surface area contributed by atoms with Gasteiger partial charge in [0.25, 0.3) is 0 Å². The SMILES string of the molecule is Nc1ccnc(OCc2ccc(CCC(=O)CCOCCOCCOCCOCCCC(=O)CCCCC3SCC4NC(=O)CC43)cc2)n1. The van der Waals surface area contributed by atoms with Gasteiger partial charge in [-0.2, -0.15) is 16.7 Å². The zero-order valence-corrected chi connectivity index (χ0v) is 29.3. The molecule has 0 saturated carbocycles. The maximum Gasteiger partial charge on any atom is 0.318 e. The molecule has 2 aliphatic heterocycles. The fraction of sp³-hybridized carbons (Fsp3) is 0.639. The lowest BCUT2D eigenvalue weighted by atomic mass is 9.94. The molecule has 3 heterocycles.